The van der Waals surface area contributed by atoms with Gasteiger partial charge in [0.1, 0.15) is 5.57 Å². The van der Waals surface area contributed by atoms with Crippen LogP contribution in [0.4, 0.5) is 5.69 Å². The van der Waals surface area contributed by atoms with Gasteiger partial charge < -0.3 is 5.11 Å². The molecule has 1 unspecified atom stereocenters. The third-order valence-corrected chi connectivity index (χ3v) is 6.13. The third kappa shape index (κ3) is 4.43. The minimum absolute atomic E-state index is 0.121. The molecule has 166 valence electrons. The van der Waals surface area contributed by atoms with Crippen LogP contribution in [0.25, 0.3) is 5.57 Å². The predicted molar refractivity (Wildman–Crippen MR) is 140 cm³/mol. The van der Waals surface area contributed by atoms with Gasteiger partial charge in [-0.15, -0.1) is 4.58 Å². The fourth-order valence-electron chi connectivity index (χ4n) is 4.11. The lowest BCUT2D eigenvalue weighted by Gasteiger charge is -2.11. The van der Waals surface area contributed by atoms with Crippen LogP contribution in [0.5, 0.6) is 0 Å². The number of aliphatic hydroxyl groups excluding tert-OH is 1. The van der Waals surface area contributed by atoms with Gasteiger partial charge in [-0.05, 0) is 35.7 Å². The van der Waals surface area contributed by atoms with Gasteiger partial charge >= 0.3 is 5.88 Å². The molecule has 0 aromatic heterocycles. The molecule has 1 heterocycles. The van der Waals surface area contributed by atoms with Gasteiger partial charge in [-0.25, -0.2) is 0 Å². The van der Waals surface area contributed by atoms with Crippen molar-refractivity contribution < 1.29 is 9.68 Å². The molecule has 0 saturated heterocycles. The molecule has 0 spiro atoms. The minimum Gasteiger partial charge on any atom is -0.459 e. The summed E-state index contributed by atoms with van der Waals surface area (Å²) >= 11 is 6.17. The van der Waals surface area contributed by atoms with Gasteiger partial charge in [0.2, 0.25) is 5.69 Å². The Morgan fingerprint density at radius 3 is 1.79 bits per heavy atom. The summed E-state index contributed by atoms with van der Waals surface area (Å²) < 4.78 is 1.81. The number of benzene rings is 4. The van der Waals surface area contributed by atoms with Crippen LogP contribution < -0.4 is 0 Å². The first kappa shape index (κ1) is 21.9. The average molecular weight is 464 g/mol. The number of rotatable bonds is 6. The van der Waals surface area contributed by atoms with E-state index in [9.17, 15) is 5.11 Å². The maximum atomic E-state index is 11.8. The summed E-state index contributed by atoms with van der Waals surface area (Å²) in [5.74, 6) is 0.121. The first-order valence-electron chi connectivity index (χ1n) is 11.2. The second kappa shape index (κ2) is 9.12. The number of halogens is 1. The summed E-state index contributed by atoms with van der Waals surface area (Å²) in [7, 11) is 0. The molecule has 0 aliphatic carbocycles. The zero-order valence-corrected chi connectivity index (χ0v) is 19.5. The van der Waals surface area contributed by atoms with Crippen molar-refractivity contribution in [2.24, 2.45) is 4.99 Å². The highest BCUT2D eigenvalue weighted by molar-refractivity contribution is 6.30. The van der Waals surface area contributed by atoms with Crippen LogP contribution in [0.3, 0.4) is 0 Å². The zero-order chi connectivity index (χ0) is 23.5. The van der Waals surface area contributed by atoms with E-state index in [4.69, 9.17) is 16.6 Å². The fourth-order valence-corrected chi connectivity index (χ4v) is 4.24. The zero-order valence-electron chi connectivity index (χ0n) is 18.8. The third-order valence-electron chi connectivity index (χ3n) is 5.88. The summed E-state index contributed by atoms with van der Waals surface area (Å²) in [6.45, 7) is 2.05. The summed E-state index contributed by atoms with van der Waals surface area (Å²) in [6, 6.07) is 37.4. The van der Waals surface area contributed by atoms with Crippen molar-refractivity contribution in [2.45, 2.75) is 12.5 Å². The van der Waals surface area contributed by atoms with Crippen molar-refractivity contribution in [3.8, 4) is 0 Å². The van der Waals surface area contributed by atoms with E-state index in [-0.39, 0.29) is 5.88 Å². The van der Waals surface area contributed by atoms with E-state index in [0.717, 1.165) is 33.7 Å². The standard InChI is InChI=1S/C30H23ClN2O/c1-30(28(32-30)24-15-9-4-10-16-24)21-33(26-19-17-25(31)18-20-26)29(34)27(22-11-5-2-6-12-22)23-13-7-3-8-14-23/h2-21H,1H3/p+1/b33-21+. The number of hydrogen-bond donors (Lipinski definition) is 1. The van der Waals surface area contributed by atoms with Gasteiger partial charge in [0.15, 0.2) is 11.8 Å². The quantitative estimate of drug-likeness (QED) is 0.182. The van der Waals surface area contributed by atoms with Crippen molar-refractivity contribution in [3.63, 3.8) is 0 Å². The molecule has 4 heteroatoms. The molecule has 3 nitrogen and oxygen atoms in total. The van der Waals surface area contributed by atoms with Crippen LogP contribution in [0.15, 0.2) is 126 Å². The van der Waals surface area contributed by atoms with E-state index in [1.54, 1.807) is 0 Å². The van der Waals surface area contributed by atoms with Crippen molar-refractivity contribution in [2.75, 3.05) is 0 Å². The Labute approximate surface area is 204 Å². The Balaban J connectivity index is 1.69. The van der Waals surface area contributed by atoms with E-state index < -0.39 is 5.54 Å². The van der Waals surface area contributed by atoms with Crippen molar-refractivity contribution >= 4 is 34.8 Å². The topological polar surface area (TPSA) is 35.6 Å². The molecule has 4 aromatic rings. The van der Waals surface area contributed by atoms with E-state index >= 15 is 0 Å². The lowest BCUT2D eigenvalue weighted by Crippen LogP contribution is -2.24. The van der Waals surface area contributed by atoms with Crippen LogP contribution in [-0.2, 0) is 0 Å². The molecule has 0 fully saturated rings. The maximum absolute atomic E-state index is 11.8. The molecule has 1 atom stereocenters. The van der Waals surface area contributed by atoms with Crippen molar-refractivity contribution in [1.29, 1.82) is 0 Å². The van der Waals surface area contributed by atoms with E-state index in [2.05, 4.69) is 19.1 Å². The van der Waals surface area contributed by atoms with Crippen molar-refractivity contribution in [1.82, 2.24) is 0 Å². The summed E-state index contributed by atoms with van der Waals surface area (Å²) in [4.78, 5) is 4.79. The lowest BCUT2D eigenvalue weighted by molar-refractivity contribution is -0.415. The maximum Gasteiger partial charge on any atom is 0.379 e. The Bertz CT molecular complexity index is 1350. The Morgan fingerprint density at radius 1 is 0.765 bits per heavy atom. The Morgan fingerprint density at radius 2 is 1.26 bits per heavy atom. The highest BCUT2D eigenvalue weighted by Gasteiger charge is 2.46. The molecule has 5 rings (SSSR count). The average Bonchev–Trinajstić information content (AvgIpc) is 3.56. The van der Waals surface area contributed by atoms with Crippen LogP contribution >= 0.6 is 11.6 Å². The Hall–Kier alpha value is -3.95. The molecule has 0 bridgehead atoms. The highest BCUT2D eigenvalue weighted by atomic mass is 35.5. The predicted octanol–water partition coefficient (Wildman–Crippen LogP) is 7.29. The van der Waals surface area contributed by atoms with Crippen LogP contribution in [0.2, 0.25) is 5.02 Å². The number of nitrogens with zero attached hydrogens (tertiary/aromatic N) is 2. The van der Waals surface area contributed by atoms with E-state index in [1.807, 2.05) is 114 Å². The van der Waals surface area contributed by atoms with Crippen LogP contribution in [0.1, 0.15) is 23.6 Å². The SMILES string of the molecule is CC1(/C=[N+](/C(O)=C(c2ccccc2)c2ccccc2)c2ccc(Cl)cc2)N=C1c1ccccc1. The van der Waals surface area contributed by atoms with Gasteiger partial charge in [0.05, 0.1) is 5.71 Å². The van der Waals surface area contributed by atoms with Crippen LogP contribution in [-0.4, -0.2) is 27.1 Å². The monoisotopic (exact) mass is 463 g/mol. The molecule has 0 saturated carbocycles. The van der Waals surface area contributed by atoms with Gasteiger partial charge in [-0.2, -0.15) is 0 Å². The largest absolute Gasteiger partial charge is 0.459 e. The fraction of sp³-hybridized carbons (Fsp3) is 0.0667. The number of hydrogen-bond acceptors (Lipinski definition) is 2. The second-order valence-corrected chi connectivity index (χ2v) is 8.82. The molecule has 34 heavy (non-hydrogen) atoms. The first-order valence-corrected chi connectivity index (χ1v) is 11.5. The van der Waals surface area contributed by atoms with Crippen molar-refractivity contribution in [3.05, 3.63) is 143 Å². The molecule has 0 amide bonds. The molecule has 1 N–H and O–H groups in total. The summed E-state index contributed by atoms with van der Waals surface area (Å²) in [5.41, 5.74) is 4.90. The second-order valence-electron chi connectivity index (χ2n) is 8.38. The van der Waals surface area contributed by atoms with Crippen LogP contribution in [0, 0.1) is 0 Å². The van der Waals surface area contributed by atoms with E-state index in [1.165, 1.54) is 0 Å². The lowest BCUT2D eigenvalue weighted by atomic mass is 9.97. The number of aliphatic hydroxyl groups is 1. The first-order chi connectivity index (χ1) is 16.5. The summed E-state index contributed by atoms with van der Waals surface area (Å²) in [6.07, 6.45) is 1.97. The number of aliphatic imine (C=N–C) groups is 1. The molecule has 1 aliphatic rings. The molecular formula is C30H24ClN2O+. The minimum atomic E-state index is -0.534. The van der Waals surface area contributed by atoms with Gasteiger partial charge in [-0.1, -0.05) is 103 Å². The highest BCUT2D eigenvalue weighted by Crippen LogP contribution is 2.34. The molecule has 1 aliphatic heterocycles. The molecule has 0 radical (unpaired) electrons. The van der Waals surface area contributed by atoms with E-state index in [0.29, 0.717) is 5.02 Å². The van der Waals surface area contributed by atoms with Gasteiger partial charge in [0.25, 0.3) is 0 Å². The Kier molecular flexibility index (Phi) is 5.87. The smallest absolute Gasteiger partial charge is 0.379 e. The molecular weight excluding hydrogens is 440 g/mol. The normalized spacial score (nSPS) is 17.1. The summed E-state index contributed by atoms with van der Waals surface area (Å²) in [5, 5.41) is 12.5. The van der Waals surface area contributed by atoms with Gasteiger partial charge in [-0.3, -0.25) is 4.99 Å². The molecule has 4 aromatic carbocycles. The van der Waals surface area contributed by atoms with Gasteiger partial charge in [0, 0.05) is 17.2 Å².